The third-order valence-corrected chi connectivity index (χ3v) is 4.16. The van der Waals surface area contributed by atoms with E-state index in [4.69, 9.17) is 4.74 Å². The quantitative estimate of drug-likeness (QED) is 0.542. The number of rotatable bonds is 7. The summed E-state index contributed by atoms with van der Waals surface area (Å²) in [6.07, 6.45) is 0. The van der Waals surface area contributed by atoms with Crippen LogP contribution in [0.4, 0.5) is 25.8 Å². The summed E-state index contributed by atoms with van der Waals surface area (Å²) < 4.78 is 31.7. The number of hydrogen-bond donors (Lipinski definition) is 3. The molecule has 0 spiro atoms. The molecule has 30 heavy (non-hydrogen) atoms. The van der Waals surface area contributed by atoms with Crippen LogP contribution in [-0.2, 0) is 4.79 Å². The number of carbonyl (C=O) groups excluding carboxylic acids is 2. The molecule has 0 radical (unpaired) electrons. The van der Waals surface area contributed by atoms with Crippen LogP contribution < -0.4 is 20.7 Å². The third-order valence-electron chi connectivity index (χ3n) is 4.16. The van der Waals surface area contributed by atoms with Crippen LogP contribution in [0.15, 0.2) is 66.7 Å². The van der Waals surface area contributed by atoms with Crippen molar-refractivity contribution in [2.45, 2.75) is 0 Å². The highest BCUT2D eigenvalue weighted by molar-refractivity contribution is 6.08. The maximum atomic E-state index is 13.7. The Kier molecular flexibility index (Phi) is 6.59. The van der Waals surface area contributed by atoms with Crippen LogP contribution in [0.5, 0.6) is 5.75 Å². The van der Waals surface area contributed by atoms with Gasteiger partial charge in [0.15, 0.2) is 0 Å². The van der Waals surface area contributed by atoms with Crippen LogP contribution >= 0.6 is 0 Å². The fourth-order valence-electron chi connectivity index (χ4n) is 2.67. The van der Waals surface area contributed by atoms with Gasteiger partial charge in [-0.25, -0.2) is 8.78 Å². The normalized spacial score (nSPS) is 10.2. The van der Waals surface area contributed by atoms with Gasteiger partial charge in [-0.1, -0.05) is 12.1 Å². The lowest BCUT2D eigenvalue weighted by Gasteiger charge is -2.13. The second kappa shape index (κ2) is 9.51. The van der Waals surface area contributed by atoms with Gasteiger partial charge in [0.1, 0.15) is 17.4 Å². The Morgan fingerprint density at radius 1 is 0.900 bits per heavy atom. The Morgan fingerprint density at radius 2 is 1.63 bits per heavy atom. The minimum Gasteiger partial charge on any atom is -0.497 e. The summed E-state index contributed by atoms with van der Waals surface area (Å²) in [7, 11) is 1.55. The zero-order valence-corrected chi connectivity index (χ0v) is 16.0. The second-order valence-corrected chi connectivity index (χ2v) is 6.25. The first-order valence-electron chi connectivity index (χ1n) is 8.99. The summed E-state index contributed by atoms with van der Waals surface area (Å²) in [4.78, 5) is 24.7. The predicted molar refractivity (Wildman–Crippen MR) is 111 cm³/mol. The number of methoxy groups -OCH3 is 1. The molecular weight excluding hydrogens is 392 g/mol. The van der Waals surface area contributed by atoms with E-state index in [1.807, 2.05) is 0 Å². The van der Waals surface area contributed by atoms with Gasteiger partial charge in [0.25, 0.3) is 5.91 Å². The molecule has 6 nitrogen and oxygen atoms in total. The maximum absolute atomic E-state index is 13.7. The molecule has 3 rings (SSSR count). The molecule has 154 valence electrons. The van der Waals surface area contributed by atoms with Crippen LogP contribution in [0, 0.1) is 11.6 Å². The van der Waals surface area contributed by atoms with E-state index in [1.54, 1.807) is 55.6 Å². The lowest BCUT2D eigenvalue weighted by Crippen LogP contribution is -2.23. The van der Waals surface area contributed by atoms with Gasteiger partial charge in [-0.05, 0) is 48.5 Å². The van der Waals surface area contributed by atoms with Crippen molar-refractivity contribution in [1.82, 2.24) is 0 Å². The number of ether oxygens (including phenoxy) is 1. The van der Waals surface area contributed by atoms with Gasteiger partial charge in [0.2, 0.25) is 5.91 Å². The van der Waals surface area contributed by atoms with Crippen LogP contribution in [0.3, 0.4) is 0 Å². The number of halogens is 2. The number of benzene rings is 3. The smallest absolute Gasteiger partial charge is 0.257 e. The molecule has 0 saturated carbocycles. The Bertz CT molecular complexity index is 1060. The molecule has 0 aliphatic rings. The average Bonchev–Trinajstić information content (AvgIpc) is 2.75. The maximum Gasteiger partial charge on any atom is 0.257 e. The molecule has 0 aliphatic carbocycles. The highest BCUT2D eigenvalue weighted by atomic mass is 19.1. The molecule has 0 saturated heterocycles. The first kappa shape index (κ1) is 20.8. The van der Waals surface area contributed by atoms with E-state index >= 15 is 0 Å². The summed E-state index contributed by atoms with van der Waals surface area (Å²) in [5.41, 5.74) is 1.21. The minimum atomic E-state index is -0.873. The molecule has 0 aromatic heterocycles. The van der Waals surface area contributed by atoms with E-state index in [0.717, 1.165) is 12.1 Å². The molecule has 0 aliphatic heterocycles. The standard InChI is InChI=1S/C22H19F2N3O3/c1-30-16-9-7-15(8-10-16)26-22(29)17-4-2-3-5-19(17)25-13-21(28)27-20-11-6-14(23)12-18(20)24/h2-12,25H,13H2,1H3,(H,26,29)(H,27,28). The van der Waals surface area contributed by atoms with Gasteiger partial charge < -0.3 is 20.7 Å². The van der Waals surface area contributed by atoms with Gasteiger partial charge in [0, 0.05) is 17.4 Å². The van der Waals surface area contributed by atoms with E-state index < -0.39 is 17.5 Å². The van der Waals surface area contributed by atoms with Crippen molar-refractivity contribution in [3.05, 3.63) is 83.9 Å². The SMILES string of the molecule is COc1ccc(NC(=O)c2ccccc2NCC(=O)Nc2ccc(F)cc2F)cc1. The Labute approximate surface area is 171 Å². The number of anilines is 3. The van der Waals surface area contributed by atoms with E-state index in [0.29, 0.717) is 28.8 Å². The lowest BCUT2D eigenvalue weighted by atomic mass is 10.1. The van der Waals surface area contributed by atoms with Crippen molar-refractivity contribution in [1.29, 1.82) is 0 Å². The molecule has 0 fully saturated rings. The molecule has 2 amide bonds. The molecule has 3 aromatic carbocycles. The Morgan fingerprint density at radius 3 is 2.33 bits per heavy atom. The van der Waals surface area contributed by atoms with Crippen molar-refractivity contribution < 1.29 is 23.1 Å². The first-order chi connectivity index (χ1) is 14.5. The van der Waals surface area contributed by atoms with Gasteiger partial charge in [-0.3, -0.25) is 9.59 Å². The molecule has 0 atom stereocenters. The van der Waals surface area contributed by atoms with Crippen molar-refractivity contribution >= 4 is 28.9 Å². The summed E-state index contributed by atoms with van der Waals surface area (Å²) in [6.45, 7) is -0.219. The zero-order chi connectivity index (χ0) is 21.5. The average molecular weight is 411 g/mol. The largest absolute Gasteiger partial charge is 0.497 e. The predicted octanol–water partition coefficient (Wildman–Crippen LogP) is 4.28. The third kappa shape index (κ3) is 5.32. The Hall–Kier alpha value is -3.94. The van der Waals surface area contributed by atoms with Gasteiger partial charge >= 0.3 is 0 Å². The number of carbonyl (C=O) groups is 2. The van der Waals surface area contributed by atoms with Crippen LogP contribution in [0.2, 0.25) is 0 Å². The van der Waals surface area contributed by atoms with E-state index in [9.17, 15) is 18.4 Å². The van der Waals surface area contributed by atoms with Crippen molar-refractivity contribution in [2.24, 2.45) is 0 Å². The highest BCUT2D eigenvalue weighted by Gasteiger charge is 2.13. The number of para-hydroxylation sites is 1. The van der Waals surface area contributed by atoms with Crippen molar-refractivity contribution in [3.63, 3.8) is 0 Å². The Balaban J connectivity index is 1.64. The molecular formula is C22H19F2N3O3. The number of hydrogen-bond acceptors (Lipinski definition) is 4. The summed E-state index contributed by atoms with van der Waals surface area (Å²) in [5, 5.41) is 7.98. The fraction of sp³-hybridized carbons (Fsp3) is 0.0909. The lowest BCUT2D eigenvalue weighted by molar-refractivity contribution is -0.114. The van der Waals surface area contributed by atoms with E-state index in [1.165, 1.54) is 0 Å². The molecule has 8 heteroatoms. The molecule has 0 heterocycles. The van der Waals surface area contributed by atoms with Gasteiger partial charge in [-0.15, -0.1) is 0 Å². The van der Waals surface area contributed by atoms with Gasteiger partial charge in [0.05, 0.1) is 24.9 Å². The van der Waals surface area contributed by atoms with Crippen molar-refractivity contribution in [3.8, 4) is 5.75 Å². The minimum absolute atomic E-state index is 0.131. The monoisotopic (exact) mass is 411 g/mol. The molecule has 0 bridgehead atoms. The van der Waals surface area contributed by atoms with Crippen molar-refractivity contribution in [2.75, 3.05) is 29.6 Å². The van der Waals surface area contributed by atoms with Gasteiger partial charge in [-0.2, -0.15) is 0 Å². The summed E-state index contributed by atoms with van der Waals surface area (Å²) in [6, 6.07) is 16.4. The topological polar surface area (TPSA) is 79.5 Å². The van der Waals surface area contributed by atoms with E-state index in [-0.39, 0.29) is 18.1 Å². The first-order valence-corrected chi connectivity index (χ1v) is 8.99. The van der Waals surface area contributed by atoms with E-state index in [2.05, 4.69) is 16.0 Å². The second-order valence-electron chi connectivity index (χ2n) is 6.25. The number of nitrogens with one attached hydrogen (secondary N) is 3. The fourth-order valence-corrected chi connectivity index (χ4v) is 2.67. The number of amides is 2. The molecule has 3 aromatic rings. The highest BCUT2D eigenvalue weighted by Crippen LogP contribution is 2.20. The van der Waals surface area contributed by atoms with Crippen LogP contribution in [0.25, 0.3) is 0 Å². The summed E-state index contributed by atoms with van der Waals surface area (Å²) >= 11 is 0. The van der Waals surface area contributed by atoms with Crippen LogP contribution in [-0.4, -0.2) is 25.5 Å². The summed E-state index contributed by atoms with van der Waals surface area (Å²) in [5.74, 6) is -1.86. The molecule has 0 unspecified atom stereocenters. The van der Waals surface area contributed by atoms with Crippen LogP contribution in [0.1, 0.15) is 10.4 Å². The zero-order valence-electron chi connectivity index (χ0n) is 16.0. The molecule has 3 N–H and O–H groups in total.